The highest BCUT2D eigenvalue weighted by Gasteiger charge is 2.59. The Morgan fingerprint density at radius 1 is 1.17 bits per heavy atom. The van der Waals surface area contributed by atoms with Crippen LogP contribution >= 0.6 is 0 Å². The van der Waals surface area contributed by atoms with Gasteiger partial charge >= 0.3 is 6.01 Å². The average Bonchev–Trinajstić information content (AvgIpc) is 3.36. The second kappa shape index (κ2) is 9.21. The fourth-order valence-corrected chi connectivity index (χ4v) is 7.53. The maximum absolute atomic E-state index is 16.6. The number of likely N-dealkylation sites (tertiary alicyclic amines) is 1. The van der Waals surface area contributed by atoms with Crippen LogP contribution < -0.4 is 15.0 Å². The molecule has 2 bridgehead atoms. The number of nitrogens with one attached hydrogen (secondary N) is 1. The van der Waals surface area contributed by atoms with Crippen LogP contribution in [-0.2, 0) is 0 Å². The first-order valence-electron chi connectivity index (χ1n) is 14.4. The first-order chi connectivity index (χ1) is 20.3. The van der Waals surface area contributed by atoms with Crippen molar-refractivity contribution < 1.29 is 18.6 Å². The number of piperazine rings is 1. The topological polar surface area (TPSA) is 86.6 Å². The third-order valence-electron chi connectivity index (χ3n) is 9.58. The predicted molar refractivity (Wildman–Crippen MR) is 155 cm³/mol. The highest BCUT2D eigenvalue weighted by atomic mass is 19.1. The lowest BCUT2D eigenvalue weighted by molar-refractivity contribution is 0.203. The van der Waals surface area contributed by atoms with Crippen LogP contribution in [0.15, 0.2) is 30.5 Å². The summed E-state index contributed by atoms with van der Waals surface area (Å²) in [5.74, 6) is 2.15. The fraction of sp³-hybridized carbons (Fsp3) is 0.406. The first-order valence-corrected chi connectivity index (χ1v) is 14.4. The van der Waals surface area contributed by atoms with Crippen LogP contribution in [0, 0.1) is 35.3 Å². The molecule has 1 saturated carbocycles. The summed E-state index contributed by atoms with van der Waals surface area (Å²) < 4.78 is 37.6. The molecule has 214 valence electrons. The number of terminal acetylenes is 1. The zero-order chi connectivity index (χ0) is 28.7. The summed E-state index contributed by atoms with van der Waals surface area (Å²) in [7, 11) is 2.11. The van der Waals surface area contributed by atoms with Crippen molar-refractivity contribution in [3.05, 3.63) is 47.7 Å². The van der Waals surface area contributed by atoms with Crippen LogP contribution in [0.4, 0.5) is 14.6 Å². The SMILES string of the molecule is C#Cc1c(F)ccc2cc(O)cc(-c3ncc4c(N5C[C@H]6CC[C@@H](C5)N6)nc(OCC56CC5CN(C)C6)nc4c3F)c12. The number of fused-ring (bicyclic) bond motifs is 5. The number of phenolic OH excluding ortho intramolecular Hbond substituents is 1. The summed E-state index contributed by atoms with van der Waals surface area (Å²) in [5.41, 5.74) is 0.245. The minimum atomic E-state index is -0.707. The van der Waals surface area contributed by atoms with E-state index < -0.39 is 11.6 Å². The van der Waals surface area contributed by atoms with E-state index in [4.69, 9.17) is 16.1 Å². The number of aromatic hydroxyl groups is 1. The Labute approximate surface area is 241 Å². The minimum Gasteiger partial charge on any atom is -0.508 e. The summed E-state index contributed by atoms with van der Waals surface area (Å²) in [5, 5.41) is 15.4. The van der Waals surface area contributed by atoms with Crippen LogP contribution in [0.25, 0.3) is 32.9 Å². The highest BCUT2D eigenvalue weighted by molar-refractivity contribution is 6.03. The molecule has 2 aromatic carbocycles. The monoisotopic (exact) mass is 568 g/mol. The Hall–Kier alpha value is -4.07. The van der Waals surface area contributed by atoms with Gasteiger partial charge in [-0.3, -0.25) is 4.98 Å². The lowest BCUT2D eigenvalue weighted by Gasteiger charge is -2.34. The number of nitrogens with zero attached hydrogens (tertiary/aromatic N) is 5. The maximum Gasteiger partial charge on any atom is 0.319 e. The highest BCUT2D eigenvalue weighted by Crippen LogP contribution is 2.57. The molecule has 0 amide bonds. The van der Waals surface area contributed by atoms with Crippen molar-refractivity contribution in [2.24, 2.45) is 11.3 Å². The second-order valence-electron chi connectivity index (χ2n) is 12.5. The molecule has 1 aliphatic carbocycles. The molecule has 3 saturated heterocycles. The number of phenols is 1. The van der Waals surface area contributed by atoms with E-state index in [0.717, 1.165) is 45.4 Å². The number of piperidine rings is 1. The van der Waals surface area contributed by atoms with Gasteiger partial charge in [-0.15, -0.1) is 6.42 Å². The molecule has 8 nitrogen and oxygen atoms in total. The number of anilines is 1. The van der Waals surface area contributed by atoms with Gasteiger partial charge in [-0.25, -0.2) is 8.78 Å². The Balaban J connectivity index is 1.28. The number of hydrogen-bond acceptors (Lipinski definition) is 8. The van der Waals surface area contributed by atoms with Crippen LogP contribution in [-0.4, -0.2) is 76.9 Å². The molecule has 4 atom stereocenters. The third-order valence-corrected chi connectivity index (χ3v) is 9.58. The Bertz CT molecular complexity index is 1810. The standard InChI is InChI=1S/C32H30F2N6O2/c1-3-22-25(33)7-4-17-8-21(41)9-23(26(17)22)28-27(34)29-24(11-35-28)30(40-13-19-5-6-20(14-40)36-19)38-31(37-29)42-16-32-10-18(32)12-39(2)15-32/h1,4,7-9,11,18-20,36,41H,5-6,10,12-16H2,2H3/t18?,19-,20+,32?. The van der Waals surface area contributed by atoms with Gasteiger partial charge in [-0.1, -0.05) is 12.0 Å². The molecule has 5 heterocycles. The molecule has 2 aromatic heterocycles. The number of aromatic nitrogens is 3. The van der Waals surface area contributed by atoms with Crippen LogP contribution in [0.5, 0.6) is 11.8 Å². The molecule has 8 rings (SSSR count). The predicted octanol–water partition coefficient (Wildman–Crippen LogP) is 4.08. The van der Waals surface area contributed by atoms with Crippen LogP contribution in [0.3, 0.4) is 0 Å². The normalized spacial score (nSPS) is 26.5. The van der Waals surface area contributed by atoms with Crippen molar-refractivity contribution in [3.63, 3.8) is 0 Å². The summed E-state index contributed by atoms with van der Waals surface area (Å²) in [4.78, 5) is 18.4. The van der Waals surface area contributed by atoms with Gasteiger partial charge in [0.1, 0.15) is 28.6 Å². The molecule has 0 spiro atoms. The number of halogens is 2. The van der Waals surface area contributed by atoms with Gasteiger partial charge in [-0.05, 0) is 55.8 Å². The van der Waals surface area contributed by atoms with Gasteiger partial charge in [-0.2, -0.15) is 9.97 Å². The maximum atomic E-state index is 16.6. The van der Waals surface area contributed by atoms with E-state index in [0.29, 0.717) is 46.6 Å². The number of rotatable bonds is 5. The van der Waals surface area contributed by atoms with Crippen molar-refractivity contribution in [1.29, 1.82) is 0 Å². The molecular formula is C32H30F2N6O2. The molecule has 42 heavy (non-hydrogen) atoms. The van der Waals surface area contributed by atoms with Gasteiger partial charge in [0.25, 0.3) is 0 Å². The van der Waals surface area contributed by atoms with Crippen molar-refractivity contribution in [3.8, 4) is 35.4 Å². The number of hydrogen-bond donors (Lipinski definition) is 2. The van der Waals surface area contributed by atoms with Gasteiger partial charge in [0.15, 0.2) is 5.82 Å². The molecule has 2 N–H and O–H groups in total. The van der Waals surface area contributed by atoms with Gasteiger partial charge in [0.2, 0.25) is 0 Å². The van der Waals surface area contributed by atoms with E-state index in [1.807, 2.05) is 0 Å². The Kier molecular flexibility index (Phi) is 5.62. The molecule has 4 aromatic rings. The molecular weight excluding hydrogens is 538 g/mol. The number of benzene rings is 2. The van der Waals surface area contributed by atoms with Crippen LogP contribution in [0.1, 0.15) is 24.8 Å². The largest absolute Gasteiger partial charge is 0.508 e. The molecule has 4 aliphatic rings. The molecule has 2 unspecified atom stereocenters. The first kappa shape index (κ1) is 25.6. The van der Waals surface area contributed by atoms with E-state index >= 15 is 4.39 Å². The smallest absolute Gasteiger partial charge is 0.319 e. The van der Waals surface area contributed by atoms with Gasteiger partial charge in [0, 0.05) is 60.8 Å². The Morgan fingerprint density at radius 2 is 1.98 bits per heavy atom. The minimum absolute atomic E-state index is 0.0211. The molecule has 4 fully saturated rings. The van der Waals surface area contributed by atoms with Crippen molar-refractivity contribution in [2.75, 3.05) is 44.7 Å². The summed E-state index contributed by atoms with van der Waals surface area (Å²) >= 11 is 0. The zero-order valence-electron chi connectivity index (χ0n) is 23.2. The van der Waals surface area contributed by atoms with Gasteiger partial charge in [0.05, 0.1) is 17.6 Å². The van der Waals surface area contributed by atoms with Gasteiger partial charge < -0.3 is 25.0 Å². The lowest BCUT2D eigenvalue weighted by Crippen LogP contribution is -2.51. The molecule has 10 heteroatoms. The zero-order valence-corrected chi connectivity index (χ0v) is 23.2. The lowest BCUT2D eigenvalue weighted by atomic mass is 9.96. The Morgan fingerprint density at radius 3 is 2.71 bits per heavy atom. The number of ether oxygens (including phenoxy) is 1. The van der Waals surface area contributed by atoms with Crippen molar-refractivity contribution in [1.82, 2.24) is 25.2 Å². The molecule has 0 radical (unpaired) electrons. The summed E-state index contributed by atoms with van der Waals surface area (Å²) in [6.45, 7) is 3.97. The quantitative estimate of drug-likeness (QED) is 0.349. The van der Waals surface area contributed by atoms with E-state index in [9.17, 15) is 9.50 Å². The fourth-order valence-electron chi connectivity index (χ4n) is 7.53. The van der Waals surface area contributed by atoms with Crippen LogP contribution in [0.2, 0.25) is 0 Å². The number of pyridine rings is 1. The van der Waals surface area contributed by atoms with E-state index in [-0.39, 0.29) is 39.5 Å². The summed E-state index contributed by atoms with van der Waals surface area (Å²) in [6, 6.07) is 6.37. The van der Waals surface area contributed by atoms with E-state index in [1.54, 1.807) is 6.20 Å². The average molecular weight is 569 g/mol. The van der Waals surface area contributed by atoms with E-state index in [1.165, 1.54) is 24.3 Å². The third kappa shape index (κ3) is 3.98. The van der Waals surface area contributed by atoms with Crippen molar-refractivity contribution >= 4 is 27.5 Å². The van der Waals surface area contributed by atoms with Crippen molar-refractivity contribution in [2.45, 2.75) is 31.3 Å². The van der Waals surface area contributed by atoms with E-state index in [2.05, 4.69) is 38.1 Å². The molecule has 3 aliphatic heterocycles. The summed E-state index contributed by atoms with van der Waals surface area (Å²) in [6.07, 6.45) is 10.5. The second-order valence-corrected chi connectivity index (χ2v) is 12.5.